The Morgan fingerprint density at radius 1 is 1.28 bits per heavy atom. The van der Waals surface area contributed by atoms with E-state index < -0.39 is 11.8 Å². The molecule has 138 valence electrons. The summed E-state index contributed by atoms with van der Waals surface area (Å²) in [6.07, 6.45) is 1.87. The first kappa shape index (κ1) is 19.2. The van der Waals surface area contributed by atoms with Crippen LogP contribution >= 0.6 is 0 Å². The SMILES string of the molecule is COCCN1CCC[C@H](NC(=O)C(=O)Nc2ccc(OC)cc2C)C1. The van der Waals surface area contributed by atoms with Gasteiger partial charge >= 0.3 is 11.8 Å². The van der Waals surface area contributed by atoms with Crippen molar-refractivity contribution in [3.05, 3.63) is 23.8 Å². The molecule has 1 aliphatic heterocycles. The maximum Gasteiger partial charge on any atom is 0.313 e. The number of anilines is 1. The lowest BCUT2D eigenvalue weighted by atomic mass is 10.1. The monoisotopic (exact) mass is 349 g/mol. The number of methoxy groups -OCH3 is 2. The Labute approximate surface area is 148 Å². The molecule has 1 heterocycles. The van der Waals surface area contributed by atoms with Gasteiger partial charge in [-0.15, -0.1) is 0 Å². The van der Waals surface area contributed by atoms with Crippen molar-refractivity contribution in [2.45, 2.75) is 25.8 Å². The average Bonchev–Trinajstić information content (AvgIpc) is 2.61. The minimum Gasteiger partial charge on any atom is -0.497 e. The molecule has 0 bridgehead atoms. The first-order valence-corrected chi connectivity index (χ1v) is 8.51. The van der Waals surface area contributed by atoms with E-state index in [2.05, 4.69) is 15.5 Å². The normalized spacial score (nSPS) is 17.8. The molecule has 1 aromatic carbocycles. The predicted octanol–water partition coefficient (Wildman–Crippen LogP) is 1.17. The van der Waals surface area contributed by atoms with E-state index in [4.69, 9.17) is 9.47 Å². The maximum absolute atomic E-state index is 12.2. The van der Waals surface area contributed by atoms with E-state index in [1.165, 1.54) is 0 Å². The van der Waals surface area contributed by atoms with Crippen LogP contribution in [0.1, 0.15) is 18.4 Å². The van der Waals surface area contributed by atoms with Crippen molar-refractivity contribution in [1.29, 1.82) is 0 Å². The van der Waals surface area contributed by atoms with Crippen LogP contribution in [-0.4, -0.2) is 63.2 Å². The topological polar surface area (TPSA) is 79.9 Å². The van der Waals surface area contributed by atoms with Crippen LogP contribution in [0.5, 0.6) is 5.75 Å². The zero-order valence-corrected chi connectivity index (χ0v) is 15.1. The lowest BCUT2D eigenvalue weighted by molar-refractivity contribution is -0.136. The summed E-state index contributed by atoms with van der Waals surface area (Å²) in [5.41, 5.74) is 1.44. The van der Waals surface area contributed by atoms with Gasteiger partial charge in [0, 0.05) is 31.9 Å². The summed E-state index contributed by atoms with van der Waals surface area (Å²) in [7, 11) is 3.26. The fourth-order valence-electron chi connectivity index (χ4n) is 2.93. The zero-order chi connectivity index (χ0) is 18.2. The number of carbonyl (C=O) groups is 2. The quantitative estimate of drug-likeness (QED) is 0.754. The van der Waals surface area contributed by atoms with Gasteiger partial charge < -0.3 is 20.1 Å². The highest BCUT2D eigenvalue weighted by Crippen LogP contribution is 2.21. The number of carbonyl (C=O) groups excluding carboxylic acids is 2. The Morgan fingerprint density at radius 2 is 2.08 bits per heavy atom. The van der Waals surface area contributed by atoms with Crippen molar-refractivity contribution in [3.8, 4) is 5.75 Å². The number of likely N-dealkylation sites (tertiary alicyclic amines) is 1. The molecular weight excluding hydrogens is 322 g/mol. The van der Waals surface area contributed by atoms with Crippen LogP contribution in [0.25, 0.3) is 0 Å². The Bertz CT molecular complexity index is 606. The zero-order valence-electron chi connectivity index (χ0n) is 15.1. The van der Waals surface area contributed by atoms with Crippen molar-refractivity contribution < 1.29 is 19.1 Å². The van der Waals surface area contributed by atoms with Crippen molar-refractivity contribution in [3.63, 3.8) is 0 Å². The summed E-state index contributed by atoms with van der Waals surface area (Å²) in [6, 6.07) is 5.27. The van der Waals surface area contributed by atoms with Crippen molar-refractivity contribution in [2.24, 2.45) is 0 Å². The Kier molecular flexibility index (Phi) is 7.21. The number of ether oxygens (including phenoxy) is 2. The molecule has 25 heavy (non-hydrogen) atoms. The number of aryl methyl sites for hydroxylation is 1. The molecule has 1 aliphatic rings. The van der Waals surface area contributed by atoms with Crippen molar-refractivity contribution in [2.75, 3.05) is 45.8 Å². The van der Waals surface area contributed by atoms with Gasteiger partial charge in [-0.3, -0.25) is 14.5 Å². The minimum atomic E-state index is -0.651. The Morgan fingerprint density at radius 3 is 2.76 bits per heavy atom. The van der Waals surface area contributed by atoms with Gasteiger partial charge in [-0.1, -0.05) is 0 Å². The van der Waals surface area contributed by atoms with E-state index in [0.29, 0.717) is 18.0 Å². The minimum absolute atomic E-state index is 0.0131. The number of hydrogen-bond donors (Lipinski definition) is 2. The largest absolute Gasteiger partial charge is 0.497 e. The molecule has 0 spiro atoms. The van der Waals surface area contributed by atoms with E-state index >= 15 is 0 Å². The highest BCUT2D eigenvalue weighted by atomic mass is 16.5. The number of piperidine rings is 1. The second kappa shape index (κ2) is 9.39. The van der Waals surface area contributed by atoms with Crippen LogP contribution in [-0.2, 0) is 14.3 Å². The number of hydrogen-bond acceptors (Lipinski definition) is 5. The third kappa shape index (κ3) is 5.72. The molecule has 2 rings (SSSR count). The number of nitrogens with one attached hydrogen (secondary N) is 2. The van der Waals surface area contributed by atoms with Crippen LogP contribution < -0.4 is 15.4 Å². The lowest BCUT2D eigenvalue weighted by Crippen LogP contribution is -2.50. The second-order valence-corrected chi connectivity index (χ2v) is 6.24. The first-order chi connectivity index (χ1) is 12.0. The van der Waals surface area contributed by atoms with E-state index in [9.17, 15) is 9.59 Å². The molecule has 0 aromatic heterocycles. The molecule has 0 saturated carbocycles. The third-order valence-corrected chi connectivity index (χ3v) is 4.34. The van der Waals surface area contributed by atoms with Gasteiger partial charge in [0.25, 0.3) is 0 Å². The summed E-state index contributed by atoms with van der Waals surface area (Å²) >= 11 is 0. The summed E-state index contributed by atoms with van der Waals surface area (Å²) in [5.74, 6) is -0.547. The van der Waals surface area contributed by atoms with Crippen LogP contribution in [0.2, 0.25) is 0 Å². The molecule has 0 unspecified atom stereocenters. The predicted molar refractivity (Wildman–Crippen MR) is 95.8 cm³/mol. The fraction of sp³-hybridized carbons (Fsp3) is 0.556. The van der Waals surface area contributed by atoms with E-state index in [0.717, 1.165) is 38.0 Å². The standard InChI is InChI=1S/C18H27N3O4/c1-13-11-15(25-3)6-7-16(13)20-18(23)17(22)19-14-5-4-8-21(12-14)9-10-24-2/h6-7,11,14H,4-5,8-10,12H2,1-3H3,(H,19,22)(H,20,23)/t14-/m0/s1. The van der Waals surface area contributed by atoms with Crippen molar-refractivity contribution in [1.82, 2.24) is 10.2 Å². The van der Waals surface area contributed by atoms with Gasteiger partial charge in [-0.05, 0) is 50.1 Å². The van der Waals surface area contributed by atoms with Crippen LogP contribution in [0.15, 0.2) is 18.2 Å². The number of benzene rings is 1. The Balaban J connectivity index is 1.86. The van der Waals surface area contributed by atoms with Gasteiger partial charge in [0.05, 0.1) is 13.7 Å². The average molecular weight is 349 g/mol. The smallest absolute Gasteiger partial charge is 0.313 e. The molecular formula is C18H27N3O4. The molecule has 2 N–H and O–H groups in total. The van der Waals surface area contributed by atoms with Gasteiger partial charge in [0.2, 0.25) is 0 Å². The molecule has 1 atom stereocenters. The molecule has 7 heteroatoms. The summed E-state index contributed by atoms with van der Waals surface area (Å²) in [4.78, 5) is 26.6. The van der Waals surface area contributed by atoms with E-state index in [1.54, 1.807) is 26.4 Å². The molecule has 7 nitrogen and oxygen atoms in total. The molecule has 1 saturated heterocycles. The maximum atomic E-state index is 12.2. The molecule has 2 amide bonds. The Hall–Kier alpha value is -2.12. The number of rotatable bonds is 6. The molecule has 0 radical (unpaired) electrons. The third-order valence-electron chi connectivity index (χ3n) is 4.34. The van der Waals surface area contributed by atoms with Gasteiger partial charge in [0.1, 0.15) is 5.75 Å². The second-order valence-electron chi connectivity index (χ2n) is 6.24. The van der Waals surface area contributed by atoms with Crippen LogP contribution in [0.4, 0.5) is 5.69 Å². The highest BCUT2D eigenvalue weighted by Gasteiger charge is 2.24. The van der Waals surface area contributed by atoms with Crippen molar-refractivity contribution >= 4 is 17.5 Å². The van der Waals surface area contributed by atoms with E-state index in [-0.39, 0.29) is 6.04 Å². The highest BCUT2D eigenvalue weighted by molar-refractivity contribution is 6.39. The van der Waals surface area contributed by atoms with Gasteiger partial charge in [0.15, 0.2) is 0 Å². The lowest BCUT2D eigenvalue weighted by Gasteiger charge is -2.32. The fourth-order valence-corrected chi connectivity index (χ4v) is 2.93. The summed E-state index contributed by atoms with van der Waals surface area (Å²) in [5, 5.41) is 5.49. The van der Waals surface area contributed by atoms with Crippen LogP contribution in [0, 0.1) is 6.92 Å². The van der Waals surface area contributed by atoms with Crippen LogP contribution in [0.3, 0.4) is 0 Å². The van der Waals surface area contributed by atoms with Gasteiger partial charge in [-0.2, -0.15) is 0 Å². The van der Waals surface area contributed by atoms with E-state index in [1.807, 2.05) is 13.0 Å². The first-order valence-electron chi connectivity index (χ1n) is 8.51. The van der Waals surface area contributed by atoms with Gasteiger partial charge in [-0.25, -0.2) is 0 Å². The number of nitrogens with zero attached hydrogens (tertiary/aromatic N) is 1. The number of amides is 2. The summed E-state index contributed by atoms with van der Waals surface area (Å²) < 4.78 is 10.2. The summed E-state index contributed by atoms with van der Waals surface area (Å²) in [6.45, 7) is 5.08. The molecule has 1 fully saturated rings. The molecule has 1 aromatic rings. The molecule has 0 aliphatic carbocycles.